The summed E-state index contributed by atoms with van der Waals surface area (Å²) in [7, 11) is -2.50. The molecule has 0 spiro atoms. The van der Waals surface area contributed by atoms with Gasteiger partial charge in [-0.2, -0.15) is 0 Å². The topological polar surface area (TPSA) is 96.0 Å². The third kappa shape index (κ3) is 9.11. The summed E-state index contributed by atoms with van der Waals surface area (Å²) < 4.78 is 32.6. The first-order valence-corrected chi connectivity index (χ1v) is 16.2. The molecule has 226 valence electrons. The summed E-state index contributed by atoms with van der Waals surface area (Å²) in [6.07, 6.45) is 2.92. The number of anilines is 1. The standard InChI is InChI=1S/C31H37Cl2N3O5S/c1-5-6-16-34-31(38)28(19-23-10-8-7-9-11-23)35(20-24-13-14-25(32)26(33)18-24)30(37)21-36(42(4,39)40)27-17-22(2)12-15-29(27)41-3/h7-15,17-18,28H,5-6,16,19-21H2,1-4H3,(H,34,38)/t28-/m0/s1. The third-order valence-electron chi connectivity index (χ3n) is 6.72. The van der Waals surface area contributed by atoms with Crippen LogP contribution in [0.2, 0.25) is 10.0 Å². The van der Waals surface area contributed by atoms with Crippen LogP contribution in [0.15, 0.2) is 66.7 Å². The Morgan fingerprint density at radius 2 is 1.69 bits per heavy atom. The van der Waals surface area contributed by atoms with Crippen LogP contribution in [-0.4, -0.2) is 57.6 Å². The molecule has 0 aliphatic heterocycles. The Kier molecular flexibility index (Phi) is 12.1. The average molecular weight is 635 g/mol. The molecular formula is C31H37Cl2N3O5S. The van der Waals surface area contributed by atoms with Crippen LogP contribution >= 0.6 is 23.2 Å². The molecule has 0 aliphatic carbocycles. The third-order valence-corrected chi connectivity index (χ3v) is 8.59. The monoisotopic (exact) mass is 633 g/mol. The summed E-state index contributed by atoms with van der Waals surface area (Å²) in [5.74, 6) is -0.602. The highest BCUT2D eigenvalue weighted by Crippen LogP contribution is 2.31. The van der Waals surface area contributed by atoms with E-state index in [-0.39, 0.29) is 24.6 Å². The predicted molar refractivity (Wildman–Crippen MR) is 169 cm³/mol. The molecule has 3 aromatic rings. The lowest BCUT2D eigenvalue weighted by Gasteiger charge is -2.34. The van der Waals surface area contributed by atoms with Gasteiger partial charge in [0.15, 0.2) is 0 Å². The highest BCUT2D eigenvalue weighted by molar-refractivity contribution is 7.92. The highest BCUT2D eigenvalue weighted by atomic mass is 35.5. The number of carbonyl (C=O) groups is 2. The second-order valence-corrected chi connectivity index (χ2v) is 12.8. The fourth-order valence-corrected chi connectivity index (χ4v) is 5.65. The maximum absolute atomic E-state index is 14.2. The largest absolute Gasteiger partial charge is 0.495 e. The summed E-state index contributed by atoms with van der Waals surface area (Å²) in [6.45, 7) is 3.74. The Hall–Kier alpha value is -3.27. The van der Waals surface area contributed by atoms with E-state index in [0.29, 0.717) is 27.9 Å². The van der Waals surface area contributed by atoms with Gasteiger partial charge in [-0.15, -0.1) is 0 Å². The van der Waals surface area contributed by atoms with Crippen molar-refractivity contribution >= 4 is 50.7 Å². The van der Waals surface area contributed by atoms with E-state index in [0.717, 1.165) is 34.5 Å². The predicted octanol–water partition coefficient (Wildman–Crippen LogP) is 5.63. The molecule has 1 atom stereocenters. The maximum Gasteiger partial charge on any atom is 0.244 e. The zero-order valence-electron chi connectivity index (χ0n) is 24.3. The van der Waals surface area contributed by atoms with E-state index in [4.69, 9.17) is 27.9 Å². The molecule has 0 saturated heterocycles. The van der Waals surface area contributed by atoms with Gasteiger partial charge in [-0.3, -0.25) is 13.9 Å². The molecule has 8 nitrogen and oxygen atoms in total. The van der Waals surface area contributed by atoms with Crippen LogP contribution < -0.4 is 14.4 Å². The van der Waals surface area contributed by atoms with E-state index in [2.05, 4.69) is 5.32 Å². The van der Waals surface area contributed by atoms with Crippen molar-refractivity contribution in [1.82, 2.24) is 10.2 Å². The number of aryl methyl sites for hydroxylation is 1. The van der Waals surface area contributed by atoms with Crippen LogP contribution in [-0.2, 0) is 32.6 Å². The van der Waals surface area contributed by atoms with Gasteiger partial charge >= 0.3 is 0 Å². The number of halogens is 2. The molecule has 0 aliphatic rings. The Bertz CT molecular complexity index is 1490. The minimum atomic E-state index is -3.94. The first kappa shape index (κ1) is 33.2. The number of hydrogen-bond donors (Lipinski definition) is 1. The van der Waals surface area contributed by atoms with E-state index in [1.165, 1.54) is 12.0 Å². The van der Waals surface area contributed by atoms with Gasteiger partial charge in [0.05, 0.1) is 29.1 Å². The van der Waals surface area contributed by atoms with Crippen molar-refractivity contribution in [3.8, 4) is 5.75 Å². The fourth-order valence-electron chi connectivity index (χ4n) is 4.48. The molecule has 11 heteroatoms. The van der Waals surface area contributed by atoms with Crippen molar-refractivity contribution < 1.29 is 22.7 Å². The second-order valence-electron chi connectivity index (χ2n) is 10.1. The summed E-state index contributed by atoms with van der Waals surface area (Å²) >= 11 is 12.4. The second kappa shape index (κ2) is 15.3. The number of methoxy groups -OCH3 is 1. The Labute approximate surface area is 258 Å². The number of rotatable bonds is 14. The van der Waals surface area contributed by atoms with Crippen molar-refractivity contribution in [3.63, 3.8) is 0 Å². The van der Waals surface area contributed by atoms with Crippen molar-refractivity contribution in [2.45, 2.75) is 45.7 Å². The molecule has 0 bridgehead atoms. The van der Waals surface area contributed by atoms with E-state index in [1.54, 1.807) is 36.4 Å². The molecule has 3 rings (SSSR count). The number of benzene rings is 3. The van der Waals surface area contributed by atoms with E-state index < -0.39 is 28.5 Å². The van der Waals surface area contributed by atoms with Crippen LogP contribution in [0.5, 0.6) is 5.75 Å². The first-order chi connectivity index (χ1) is 19.9. The Morgan fingerprint density at radius 1 is 0.976 bits per heavy atom. The minimum absolute atomic E-state index is 0.00300. The lowest BCUT2D eigenvalue weighted by atomic mass is 10.0. The number of carbonyl (C=O) groups excluding carboxylic acids is 2. The molecule has 0 aromatic heterocycles. The summed E-state index contributed by atoms with van der Waals surface area (Å²) in [5, 5.41) is 3.61. The Morgan fingerprint density at radius 3 is 2.31 bits per heavy atom. The highest BCUT2D eigenvalue weighted by Gasteiger charge is 2.33. The normalized spacial score (nSPS) is 12.0. The van der Waals surface area contributed by atoms with Crippen molar-refractivity contribution in [2.75, 3.05) is 30.8 Å². The zero-order chi connectivity index (χ0) is 30.9. The number of ether oxygens (including phenoxy) is 1. The van der Waals surface area contributed by atoms with Crippen LogP contribution in [0, 0.1) is 6.92 Å². The van der Waals surface area contributed by atoms with Gasteiger partial charge < -0.3 is 15.0 Å². The molecule has 0 unspecified atom stereocenters. The van der Waals surface area contributed by atoms with Gasteiger partial charge in [-0.1, -0.05) is 79.0 Å². The van der Waals surface area contributed by atoms with E-state index >= 15 is 0 Å². The van der Waals surface area contributed by atoms with Gasteiger partial charge in [-0.25, -0.2) is 8.42 Å². The first-order valence-electron chi connectivity index (χ1n) is 13.6. The molecule has 0 saturated carbocycles. The number of amides is 2. The van der Waals surface area contributed by atoms with Gasteiger partial charge in [-0.05, 0) is 54.3 Å². The number of sulfonamides is 1. The van der Waals surface area contributed by atoms with Crippen LogP contribution in [0.25, 0.3) is 0 Å². The molecule has 2 amide bonds. The van der Waals surface area contributed by atoms with Crippen LogP contribution in [0.3, 0.4) is 0 Å². The summed E-state index contributed by atoms with van der Waals surface area (Å²) in [4.78, 5) is 29.3. The van der Waals surface area contributed by atoms with Gasteiger partial charge in [0, 0.05) is 19.5 Å². The van der Waals surface area contributed by atoms with Gasteiger partial charge in [0.1, 0.15) is 18.3 Å². The van der Waals surface area contributed by atoms with Crippen molar-refractivity contribution in [1.29, 1.82) is 0 Å². The fraction of sp³-hybridized carbons (Fsp3) is 0.355. The molecule has 3 aromatic carbocycles. The number of nitrogens with zero attached hydrogens (tertiary/aromatic N) is 2. The average Bonchev–Trinajstić information content (AvgIpc) is 2.95. The smallest absolute Gasteiger partial charge is 0.244 e. The van der Waals surface area contributed by atoms with Crippen LogP contribution in [0.1, 0.15) is 36.5 Å². The van der Waals surface area contributed by atoms with Gasteiger partial charge in [0.2, 0.25) is 21.8 Å². The lowest BCUT2D eigenvalue weighted by Crippen LogP contribution is -2.53. The molecule has 0 heterocycles. The SMILES string of the molecule is CCCCNC(=O)[C@H](Cc1ccccc1)N(Cc1ccc(Cl)c(Cl)c1)C(=O)CN(c1cc(C)ccc1OC)S(C)(=O)=O. The lowest BCUT2D eigenvalue weighted by molar-refractivity contribution is -0.140. The summed E-state index contributed by atoms with van der Waals surface area (Å²) in [5.41, 5.74) is 2.50. The molecule has 0 radical (unpaired) electrons. The van der Waals surface area contributed by atoms with Crippen molar-refractivity contribution in [2.24, 2.45) is 0 Å². The van der Waals surface area contributed by atoms with Gasteiger partial charge in [0.25, 0.3) is 0 Å². The van der Waals surface area contributed by atoms with Crippen LogP contribution in [0.4, 0.5) is 5.69 Å². The molecule has 0 fully saturated rings. The maximum atomic E-state index is 14.2. The van der Waals surface area contributed by atoms with E-state index in [9.17, 15) is 18.0 Å². The number of nitrogens with one attached hydrogen (secondary N) is 1. The van der Waals surface area contributed by atoms with E-state index in [1.807, 2.05) is 44.2 Å². The zero-order valence-corrected chi connectivity index (χ0v) is 26.6. The molecular weight excluding hydrogens is 597 g/mol. The quantitative estimate of drug-likeness (QED) is 0.232. The summed E-state index contributed by atoms with van der Waals surface area (Å²) in [6, 6.07) is 18.5. The Balaban J connectivity index is 2.10. The molecule has 42 heavy (non-hydrogen) atoms. The molecule has 1 N–H and O–H groups in total. The number of unbranched alkanes of at least 4 members (excludes halogenated alkanes) is 1. The van der Waals surface area contributed by atoms with Crippen molar-refractivity contribution in [3.05, 3.63) is 93.5 Å². The minimum Gasteiger partial charge on any atom is -0.495 e. The number of hydrogen-bond acceptors (Lipinski definition) is 5.